The first-order chi connectivity index (χ1) is 9.09. The van der Waals surface area contributed by atoms with Crippen LogP contribution in [0.1, 0.15) is 0 Å². The number of halogens is 1. The number of morpholine rings is 1. The predicted octanol–water partition coefficient (Wildman–Crippen LogP) is 1.33. The number of carbonyl (C=O) groups excluding carboxylic acids is 1. The minimum atomic E-state index is -0.456. The molecule has 0 aliphatic carbocycles. The minimum absolute atomic E-state index is 0.155. The Morgan fingerprint density at radius 3 is 2.95 bits per heavy atom. The van der Waals surface area contributed by atoms with Gasteiger partial charge in [0.05, 0.1) is 23.0 Å². The lowest BCUT2D eigenvalue weighted by Crippen LogP contribution is -2.45. The Morgan fingerprint density at radius 1 is 1.53 bits per heavy atom. The van der Waals surface area contributed by atoms with Gasteiger partial charge in [0.15, 0.2) is 0 Å². The van der Waals surface area contributed by atoms with Crippen LogP contribution < -0.4 is 15.5 Å². The Hall–Kier alpha value is -1.30. The van der Waals surface area contributed by atoms with Gasteiger partial charge in [-0.25, -0.2) is 0 Å². The van der Waals surface area contributed by atoms with Crippen LogP contribution in [0.25, 0.3) is 0 Å². The molecule has 0 saturated carbocycles. The molecule has 1 heterocycles. The number of benzene rings is 1. The van der Waals surface area contributed by atoms with Crippen LogP contribution in [-0.4, -0.2) is 45.8 Å². The van der Waals surface area contributed by atoms with Crippen LogP contribution in [0.4, 0.5) is 11.4 Å². The van der Waals surface area contributed by atoms with Gasteiger partial charge in [-0.1, -0.05) is 17.7 Å². The number of para-hydroxylation sites is 1. The van der Waals surface area contributed by atoms with Crippen molar-refractivity contribution in [2.24, 2.45) is 0 Å². The molecule has 1 atom stereocenters. The second-order valence-electron chi connectivity index (χ2n) is 4.58. The average Bonchev–Trinajstić information content (AvgIpc) is 2.39. The predicted molar refractivity (Wildman–Crippen MR) is 77.0 cm³/mol. The third kappa shape index (κ3) is 3.37. The van der Waals surface area contributed by atoms with Crippen molar-refractivity contribution in [2.45, 2.75) is 6.10 Å². The summed E-state index contributed by atoms with van der Waals surface area (Å²) in [5, 5.41) is 6.60. The number of rotatable bonds is 3. The third-order valence-corrected chi connectivity index (χ3v) is 3.22. The molecule has 104 valence electrons. The first-order valence-corrected chi connectivity index (χ1v) is 6.56. The lowest BCUT2D eigenvalue weighted by atomic mass is 10.2. The molecule has 0 spiro atoms. The molecular formula is C13H18ClN3O2. The lowest BCUT2D eigenvalue weighted by molar-refractivity contribution is -0.128. The largest absolute Gasteiger partial charge is 0.375 e. The SMILES string of the molecule is CN(C)c1c(Cl)cccc1NC(=O)C1CNCCO1. The fraction of sp³-hybridized carbons (Fsp3) is 0.462. The van der Waals surface area contributed by atoms with Gasteiger partial charge in [0, 0.05) is 27.2 Å². The number of nitrogens with zero attached hydrogens (tertiary/aromatic N) is 1. The van der Waals surface area contributed by atoms with E-state index in [4.69, 9.17) is 16.3 Å². The second-order valence-corrected chi connectivity index (χ2v) is 4.99. The number of hydrogen-bond donors (Lipinski definition) is 2. The van der Waals surface area contributed by atoms with E-state index in [1.54, 1.807) is 6.07 Å². The first kappa shape index (κ1) is 14.1. The van der Waals surface area contributed by atoms with Crippen molar-refractivity contribution in [3.05, 3.63) is 23.2 Å². The van der Waals surface area contributed by atoms with Crippen molar-refractivity contribution in [2.75, 3.05) is 44.0 Å². The third-order valence-electron chi connectivity index (χ3n) is 2.91. The van der Waals surface area contributed by atoms with Gasteiger partial charge in [-0.2, -0.15) is 0 Å². The molecule has 1 saturated heterocycles. The van der Waals surface area contributed by atoms with Gasteiger partial charge in [-0.15, -0.1) is 0 Å². The van der Waals surface area contributed by atoms with Crippen molar-refractivity contribution < 1.29 is 9.53 Å². The van der Waals surface area contributed by atoms with Crippen LogP contribution in [-0.2, 0) is 9.53 Å². The van der Waals surface area contributed by atoms with Gasteiger partial charge in [-0.3, -0.25) is 4.79 Å². The summed E-state index contributed by atoms with van der Waals surface area (Å²) in [5.41, 5.74) is 1.48. The molecule has 0 radical (unpaired) electrons. The molecule has 1 amide bonds. The van der Waals surface area contributed by atoms with Gasteiger partial charge in [-0.05, 0) is 12.1 Å². The highest BCUT2D eigenvalue weighted by Crippen LogP contribution is 2.32. The highest BCUT2D eigenvalue weighted by molar-refractivity contribution is 6.34. The summed E-state index contributed by atoms with van der Waals surface area (Å²) < 4.78 is 5.42. The van der Waals surface area contributed by atoms with Gasteiger partial charge in [0.25, 0.3) is 5.91 Å². The zero-order valence-corrected chi connectivity index (χ0v) is 11.8. The molecule has 1 fully saturated rings. The van der Waals surface area contributed by atoms with Gasteiger partial charge in [0.2, 0.25) is 0 Å². The minimum Gasteiger partial charge on any atom is -0.375 e. The summed E-state index contributed by atoms with van der Waals surface area (Å²) in [5.74, 6) is -0.155. The van der Waals surface area contributed by atoms with Gasteiger partial charge < -0.3 is 20.3 Å². The summed E-state index contributed by atoms with van der Waals surface area (Å²) in [6.45, 7) is 1.86. The Kier molecular flexibility index (Phi) is 4.63. The summed E-state index contributed by atoms with van der Waals surface area (Å²) >= 11 is 6.16. The fourth-order valence-corrected chi connectivity index (χ4v) is 2.36. The van der Waals surface area contributed by atoms with Gasteiger partial charge in [0.1, 0.15) is 6.10 Å². The zero-order chi connectivity index (χ0) is 13.8. The Balaban J connectivity index is 2.14. The summed E-state index contributed by atoms with van der Waals surface area (Å²) in [6, 6.07) is 5.44. The molecule has 0 aromatic heterocycles. The van der Waals surface area contributed by atoms with Crippen LogP contribution in [0.15, 0.2) is 18.2 Å². The summed E-state index contributed by atoms with van der Waals surface area (Å²) in [6.07, 6.45) is -0.456. The van der Waals surface area contributed by atoms with Crippen molar-refractivity contribution in [3.8, 4) is 0 Å². The zero-order valence-electron chi connectivity index (χ0n) is 11.1. The monoisotopic (exact) mass is 283 g/mol. The smallest absolute Gasteiger partial charge is 0.254 e. The summed E-state index contributed by atoms with van der Waals surface area (Å²) in [7, 11) is 3.77. The maximum Gasteiger partial charge on any atom is 0.254 e. The highest BCUT2D eigenvalue weighted by atomic mass is 35.5. The molecule has 2 rings (SSSR count). The first-order valence-electron chi connectivity index (χ1n) is 6.18. The maximum atomic E-state index is 12.1. The number of amides is 1. The molecule has 1 aliphatic heterocycles. The topological polar surface area (TPSA) is 53.6 Å². The highest BCUT2D eigenvalue weighted by Gasteiger charge is 2.23. The Bertz CT molecular complexity index is 459. The quantitative estimate of drug-likeness (QED) is 0.879. The molecule has 5 nitrogen and oxygen atoms in total. The average molecular weight is 284 g/mol. The Labute approximate surface area is 117 Å². The van der Waals surface area contributed by atoms with Crippen molar-refractivity contribution in [1.29, 1.82) is 0 Å². The van der Waals surface area contributed by atoms with E-state index in [0.717, 1.165) is 12.2 Å². The van der Waals surface area contributed by atoms with E-state index >= 15 is 0 Å². The summed E-state index contributed by atoms with van der Waals surface area (Å²) in [4.78, 5) is 14.0. The van der Waals surface area contributed by atoms with Crippen LogP contribution >= 0.6 is 11.6 Å². The van der Waals surface area contributed by atoms with Crippen LogP contribution in [0, 0.1) is 0 Å². The normalized spacial score (nSPS) is 19.0. The molecule has 2 N–H and O–H groups in total. The van der Waals surface area contributed by atoms with Crippen molar-refractivity contribution in [1.82, 2.24) is 5.32 Å². The van der Waals surface area contributed by atoms with E-state index in [2.05, 4.69) is 10.6 Å². The number of carbonyl (C=O) groups is 1. The van der Waals surface area contributed by atoms with Crippen LogP contribution in [0.2, 0.25) is 5.02 Å². The van der Waals surface area contributed by atoms with Crippen molar-refractivity contribution >= 4 is 28.9 Å². The number of anilines is 2. The molecule has 0 bridgehead atoms. The van der Waals surface area contributed by atoms with E-state index in [0.29, 0.717) is 23.9 Å². The van der Waals surface area contributed by atoms with E-state index < -0.39 is 6.10 Å². The van der Waals surface area contributed by atoms with E-state index in [1.165, 1.54) is 0 Å². The standard InChI is InChI=1S/C13H18ClN3O2/c1-17(2)12-9(14)4-3-5-10(12)16-13(18)11-8-15-6-7-19-11/h3-5,11,15H,6-8H2,1-2H3,(H,16,18). The van der Waals surface area contributed by atoms with E-state index in [1.807, 2.05) is 31.1 Å². The number of nitrogens with one attached hydrogen (secondary N) is 2. The lowest BCUT2D eigenvalue weighted by Gasteiger charge is -2.24. The number of ether oxygens (including phenoxy) is 1. The van der Waals surface area contributed by atoms with Crippen molar-refractivity contribution in [3.63, 3.8) is 0 Å². The van der Waals surface area contributed by atoms with E-state index in [-0.39, 0.29) is 5.91 Å². The van der Waals surface area contributed by atoms with Crippen LogP contribution in [0.5, 0.6) is 0 Å². The van der Waals surface area contributed by atoms with Crippen LogP contribution in [0.3, 0.4) is 0 Å². The molecular weight excluding hydrogens is 266 g/mol. The van der Waals surface area contributed by atoms with Gasteiger partial charge >= 0.3 is 0 Å². The molecule has 19 heavy (non-hydrogen) atoms. The molecule has 1 unspecified atom stereocenters. The molecule has 6 heteroatoms. The molecule has 1 aromatic rings. The second kappa shape index (κ2) is 6.23. The maximum absolute atomic E-state index is 12.1. The van der Waals surface area contributed by atoms with E-state index in [9.17, 15) is 4.79 Å². The Morgan fingerprint density at radius 2 is 2.32 bits per heavy atom. The fourth-order valence-electron chi connectivity index (χ4n) is 2.02. The molecule has 1 aromatic carbocycles. The number of hydrogen-bond acceptors (Lipinski definition) is 4. The molecule has 1 aliphatic rings.